The van der Waals surface area contributed by atoms with Crippen molar-refractivity contribution in [2.24, 2.45) is 5.92 Å². The monoisotopic (exact) mass is 245 g/mol. The van der Waals surface area contributed by atoms with Crippen LogP contribution in [0.2, 0.25) is 0 Å². The van der Waals surface area contributed by atoms with Gasteiger partial charge in [-0.1, -0.05) is 5.21 Å². The first kappa shape index (κ1) is 8.68. The summed E-state index contributed by atoms with van der Waals surface area (Å²) in [5, 5.41) is 16.3. The minimum atomic E-state index is -0.988. The number of carboxylic acids is 1. The van der Waals surface area contributed by atoms with E-state index in [0.29, 0.717) is 17.1 Å². The lowest BCUT2D eigenvalue weighted by molar-refractivity contribution is 0.0681. The molecule has 0 radical (unpaired) electrons. The van der Waals surface area contributed by atoms with Gasteiger partial charge in [0.25, 0.3) is 0 Å². The predicted molar refractivity (Wildman–Crippen MR) is 47.4 cm³/mol. The molecule has 0 aromatic carbocycles. The van der Waals surface area contributed by atoms with Gasteiger partial charge in [-0.3, -0.25) is 0 Å². The van der Waals surface area contributed by atoms with Crippen LogP contribution in [0, 0.1) is 5.92 Å². The average molecular weight is 246 g/mol. The van der Waals surface area contributed by atoms with Crippen LogP contribution >= 0.6 is 15.9 Å². The molecule has 6 heteroatoms. The predicted octanol–water partition coefficient (Wildman–Crippen LogP) is 1.15. The molecule has 1 aromatic rings. The highest BCUT2D eigenvalue weighted by atomic mass is 79.9. The zero-order chi connectivity index (χ0) is 9.42. The second-order valence-electron chi connectivity index (χ2n) is 3.16. The van der Waals surface area contributed by atoms with Crippen molar-refractivity contribution in [3.63, 3.8) is 0 Å². The van der Waals surface area contributed by atoms with E-state index in [-0.39, 0.29) is 5.69 Å². The Kier molecular flexibility index (Phi) is 2.07. The van der Waals surface area contributed by atoms with Crippen LogP contribution < -0.4 is 0 Å². The molecular formula is C7H8BrN3O2. The molecule has 1 heterocycles. The first-order valence-corrected chi connectivity index (χ1v) is 4.80. The minimum absolute atomic E-state index is 0.145. The molecule has 0 spiro atoms. The van der Waals surface area contributed by atoms with Gasteiger partial charge >= 0.3 is 5.97 Å². The summed E-state index contributed by atoms with van der Waals surface area (Å²) in [6.07, 6.45) is 2.33. The Morgan fingerprint density at radius 3 is 2.92 bits per heavy atom. The number of carboxylic acid groups (broad SMARTS) is 1. The molecular weight excluding hydrogens is 238 g/mol. The Labute approximate surface area is 82.9 Å². The number of aromatic nitrogens is 3. The van der Waals surface area contributed by atoms with Crippen molar-refractivity contribution in [1.29, 1.82) is 0 Å². The Balaban J connectivity index is 2.27. The standard InChI is InChI=1S/C7H8BrN3O2/c8-6-5(7(12)13)11(10-9-6)3-4-1-2-4/h4H,1-3H2,(H,12,13). The maximum Gasteiger partial charge on any atom is 0.357 e. The highest BCUT2D eigenvalue weighted by Crippen LogP contribution is 2.31. The molecule has 5 nitrogen and oxygen atoms in total. The van der Waals surface area contributed by atoms with Gasteiger partial charge in [0.05, 0.1) is 0 Å². The van der Waals surface area contributed by atoms with E-state index < -0.39 is 5.97 Å². The normalized spacial score (nSPS) is 16.1. The van der Waals surface area contributed by atoms with Gasteiger partial charge < -0.3 is 5.11 Å². The average Bonchev–Trinajstić information content (AvgIpc) is 2.76. The van der Waals surface area contributed by atoms with Crippen molar-refractivity contribution in [2.45, 2.75) is 19.4 Å². The molecule has 1 aromatic heterocycles. The van der Waals surface area contributed by atoms with Crippen LogP contribution in [-0.4, -0.2) is 26.1 Å². The lowest BCUT2D eigenvalue weighted by Gasteiger charge is -2.00. The maximum atomic E-state index is 10.8. The fourth-order valence-electron chi connectivity index (χ4n) is 1.16. The molecule has 0 bridgehead atoms. The van der Waals surface area contributed by atoms with E-state index in [1.165, 1.54) is 4.68 Å². The lowest BCUT2D eigenvalue weighted by Crippen LogP contribution is -2.11. The summed E-state index contributed by atoms with van der Waals surface area (Å²) >= 11 is 3.05. The van der Waals surface area contributed by atoms with E-state index in [1.807, 2.05) is 0 Å². The van der Waals surface area contributed by atoms with Gasteiger partial charge in [-0.2, -0.15) is 0 Å². The molecule has 1 fully saturated rings. The fraction of sp³-hybridized carbons (Fsp3) is 0.571. The number of carbonyl (C=O) groups is 1. The Bertz CT molecular complexity index is 346. The molecule has 1 saturated carbocycles. The quantitative estimate of drug-likeness (QED) is 0.868. The molecule has 0 unspecified atom stereocenters. The van der Waals surface area contributed by atoms with Crippen molar-refractivity contribution >= 4 is 21.9 Å². The molecule has 0 aliphatic heterocycles. The van der Waals surface area contributed by atoms with Gasteiger partial charge in [-0.05, 0) is 34.7 Å². The molecule has 0 atom stereocenters. The van der Waals surface area contributed by atoms with E-state index in [1.54, 1.807) is 0 Å². The highest BCUT2D eigenvalue weighted by Gasteiger charge is 2.26. The van der Waals surface area contributed by atoms with Gasteiger partial charge in [-0.25, -0.2) is 9.48 Å². The lowest BCUT2D eigenvalue weighted by atomic mass is 10.4. The fourth-order valence-corrected chi connectivity index (χ4v) is 1.61. The summed E-state index contributed by atoms with van der Waals surface area (Å²) < 4.78 is 1.75. The minimum Gasteiger partial charge on any atom is -0.476 e. The molecule has 0 saturated heterocycles. The summed E-state index contributed by atoms with van der Waals surface area (Å²) in [6.45, 7) is 0.667. The van der Waals surface area contributed by atoms with Crippen LogP contribution in [0.4, 0.5) is 0 Å². The van der Waals surface area contributed by atoms with E-state index >= 15 is 0 Å². The number of hydrogen-bond acceptors (Lipinski definition) is 3. The van der Waals surface area contributed by atoms with Gasteiger partial charge in [0.1, 0.15) is 0 Å². The van der Waals surface area contributed by atoms with Gasteiger partial charge in [0.15, 0.2) is 10.3 Å². The summed E-state index contributed by atoms with van der Waals surface area (Å²) in [5.74, 6) is -0.399. The van der Waals surface area contributed by atoms with Gasteiger partial charge in [-0.15, -0.1) is 5.10 Å². The molecule has 0 amide bonds. The molecule has 2 rings (SSSR count). The smallest absolute Gasteiger partial charge is 0.357 e. The van der Waals surface area contributed by atoms with Crippen LogP contribution in [0.25, 0.3) is 0 Å². The number of hydrogen-bond donors (Lipinski definition) is 1. The highest BCUT2D eigenvalue weighted by molar-refractivity contribution is 9.10. The third-order valence-electron chi connectivity index (χ3n) is 2.02. The zero-order valence-electron chi connectivity index (χ0n) is 6.77. The van der Waals surface area contributed by atoms with E-state index in [0.717, 1.165) is 12.8 Å². The number of aromatic carboxylic acids is 1. The Morgan fingerprint density at radius 2 is 2.38 bits per heavy atom. The van der Waals surface area contributed by atoms with Crippen LogP contribution in [-0.2, 0) is 6.54 Å². The van der Waals surface area contributed by atoms with Crippen LogP contribution in [0.1, 0.15) is 23.3 Å². The van der Waals surface area contributed by atoms with E-state index in [2.05, 4.69) is 26.2 Å². The largest absolute Gasteiger partial charge is 0.476 e. The second-order valence-corrected chi connectivity index (χ2v) is 3.91. The van der Waals surface area contributed by atoms with Crippen molar-refractivity contribution in [1.82, 2.24) is 15.0 Å². The SMILES string of the molecule is O=C(O)c1c(Br)nnn1CC1CC1. The summed E-state index contributed by atoms with van der Waals surface area (Å²) in [5.41, 5.74) is 0.145. The summed E-state index contributed by atoms with van der Waals surface area (Å²) in [6, 6.07) is 0. The molecule has 70 valence electrons. The van der Waals surface area contributed by atoms with Crippen molar-refractivity contribution in [3.8, 4) is 0 Å². The van der Waals surface area contributed by atoms with Crippen molar-refractivity contribution in [2.75, 3.05) is 0 Å². The van der Waals surface area contributed by atoms with Crippen molar-refractivity contribution in [3.05, 3.63) is 10.3 Å². The van der Waals surface area contributed by atoms with Crippen LogP contribution in [0.15, 0.2) is 4.60 Å². The molecule has 13 heavy (non-hydrogen) atoms. The van der Waals surface area contributed by atoms with Gasteiger partial charge in [0.2, 0.25) is 0 Å². The molecule has 1 N–H and O–H groups in total. The number of halogens is 1. The van der Waals surface area contributed by atoms with Crippen LogP contribution in [0.5, 0.6) is 0 Å². The van der Waals surface area contributed by atoms with Crippen LogP contribution in [0.3, 0.4) is 0 Å². The summed E-state index contributed by atoms with van der Waals surface area (Å²) in [7, 11) is 0. The second kappa shape index (κ2) is 3.10. The van der Waals surface area contributed by atoms with E-state index in [4.69, 9.17) is 5.11 Å². The molecule has 1 aliphatic rings. The first-order valence-electron chi connectivity index (χ1n) is 4.00. The maximum absolute atomic E-state index is 10.8. The Hall–Kier alpha value is -0.910. The number of nitrogens with zero attached hydrogens (tertiary/aromatic N) is 3. The number of rotatable bonds is 3. The Morgan fingerprint density at radius 1 is 1.69 bits per heavy atom. The molecule has 1 aliphatic carbocycles. The first-order chi connectivity index (χ1) is 6.18. The third-order valence-corrected chi connectivity index (χ3v) is 2.56. The van der Waals surface area contributed by atoms with E-state index in [9.17, 15) is 4.79 Å². The van der Waals surface area contributed by atoms with Crippen molar-refractivity contribution < 1.29 is 9.90 Å². The van der Waals surface area contributed by atoms with Gasteiger partial charge in [0, 0.05) is 6.54 Å². The zero-order valence-corrected chi connectivity index (χ0v) is 8.36. The third kappa shape index (κ3) is 1.72. The topological polar surface area (TPSA) is 68.0 Å². The summed E-state index contributed by atoms with van der Waals surface area (Å²) in [4.78, 5) is 10.8.